The number of nitrogens with zero attached hydrogens (tertiary/aromatic N) is 2. The highest BCUT2D eigenvalue weighted by atomic mass is 35.5. The van der Waals surface area contributed by atoms with Gasteiger partial charge in [0.15, 0.2) is 0 Å². The third-order valence-corrected chi connectivity index (χ3v) is 4.83. The maximum absolute atomic E-state index is 13.0. The molecular weight excluding hydrogens is 356 g/mol. The number of ether oxygens (including phenoxy) is 1. The molecular formula is C19H17ClN2O2S. The van der Waals surface area contributed by atoms with Gasteiger partial charge in [-0.1, -0.05) is 35.9 Å². The summed E-state index contributed by atoms with van der Waals surface area (Å²) in [5.74, 6) is 0.671. The quantitative estimate of drug-likeness (QED) is 0.591. The van der Waals surface area contributed by atoms with E-state index < -0.39 is 0 Å². The number of thiophene rings is 1. The highest BCUT2D eigenvalue weighted by Crippen LogP contribution is 2.23. The van der Waals surface area contributed by atoms with E-state index in [-0.39, 0.29) is 5.91 Å². The Bertz CT molecular complexity index is 835. The summed E-state index contributed by atoms with van der Waals surface area (Å²) in [6.07, 6.45) is 1.51. The van der Waals surface area contributed by atoms with E-state index in [4.69, 9.17) is 16.3 Å². The van der Waals surface area contributed by atoms with Crippen molar-refractivity contribution in [3.8, 4) is 5.75 Å². The average Bonchev–Trinajstić information content (AvgIpc) is 3.15. The fourth-order valence-corrected chi connectivity index (χ4v) is 3.35. The van der Waals surface area contributed by atoms with E-state index in [9.17, 15) is 4.79 Å². The van der Waals surface area contributed by atoms with Crippen molar-refractivity contribution < 1.29 is 9.53 Å². The number of carbonyl (C=O) groups is 1. The molecule has 3 aromatic rings. The van der Waals surface area contributed by atoms with E-state index in [1.165, 1.54) is 6.20 Å². The van der Waals surface area contributed by atoms with Crippen molar-refractivity contribution in [2.75, 3.05) is 7.11 Å². The molecule has 0 fully saturated rings. The van der Waals surface area contributed by atoms with Crippen LogP contribution in [0.1, 0.15) is 20.8 Å². The van der Waals surface area contributed by atoms with Gasteiger partial charge in [0.2, 0.25) is 0 Å². The molecule has 0 saturated heterocycles. The predicted molar refractivity (Wildman–Crippen MR) is 100 cm³/mol. The Morgan fingerprint density at radius 3 is 2.68 bits per heavy atom. The molecule has 0 aliphatic carbocycles. The van der Waals surface area contributed by atoms with E-state index in [1.54, 1.807) is 35.5 Å². The second-order valence-electron chi connectivity index (χ2n) is 5.42. The number of methoxy groups -OCH3 is 1. The van der Waals surface area contributed by atoms with Crippen molar-refractivity contribution in [1.29, 1.82) is 0 Å². The molecule has 6 heteroatoms. The first kappa shape index (κ1) is 17.5. The molecule has 4 nitrogen and oxygen atoms in total. The van der Waals surface area contributed by atoms with Crippen LogP contribution in [-0.2, 0) is 13.1 Å². The van der Waals surface area contributed by atoms with E-state index in [0.717, 1.165) is 16.2 Å². The molecule has 3 rings (SSSR count). The summed E-state index contributed by atoms with van der Waals surface area (Å²) < 4.78 is 5.42. The summed E-state index contributed by atoms with van der Waals surface area (Å²) in [5.41, 5.74) is 1.47. The highest BCUT2D eigenvalue weighted by Gasteiger charge is 2.19. The zero-order valence-corrected chi connectivity index (χ0v) is 15.3. The first-order valence-electron chi connectivity index (χ1n) is 7.72. The van der Waals surface area contributed by atoms with Crippen LogP contribution in [0.3, 0.4) is 0 Å². The van der Waals surface area contributed by atoms with Gasteiger partial charge >= 0.3 is 0 Å². The van der Waals surface area contributed by atoms with Crippen LogP contribution in [0.5, 0.6) is 5.75 Å². The molecule has 0 N–H and O–H groups in total. The lowest BCUT2D eigenvalue weighted by Gasteiger charge is -2.23. The lowest BCUT2D eigenvalue weighted by Crippen LogP contribution is -2.30. The van der Waals surface area contributed by atoms with Crippen LogP contribution in [0.2, 0.25) is 5.15 Å². The molecule has 0 aliphatic heterocycles. The SMILES string of the molecule is COc1ccccc1CN(Cc1cccs1)C(=O)c1ccc(Cl)nc1. The topological polar surface area (TPSA) is 42.4 Å². The van der Waals surface area contributed by atoms with Crippen molar-refractivity contribution >= 4 is 28.8 Å². The average molecular weight is 373 g/mol. The normalized spacial score (nSPS) is 10.5. The molecule has 128 valence electrons. The molecule has 0 atom stereocenters. The van der Waals surface area contributed by atoms with Gasteiger partial charge in [0.05, 0.1) is 25.8 Å². The van der Waals surface area contributed by atoms with Gasteiger partial charge in [0.1, 0.15) is 10.9 Å². The molecule has 2 heterocycles. The lowest BCUT2D eigenvalue weighted by atomic mass is 10.1. The number of halogens is 1. The standard InChI is InChI=1S/C19H17ClN2O2S/c1-24-17-7-3-2-5-15(17)12-22(13-16-6-4-10-25-16)19(23)14-8-9-18(20)21-11-14/h2-11H,12-13H2,1H3. The van der Waals surface area contributed by atoms with Crippen LogP contribution in [0.4, 0.5) is 0 Å². The fourth-order valence-electron chi connectivity index (χ4n) is 2.51. The lowest BCUT2D eigenvalue weighted by molar-refractivity contribution is 0.0730. The number of hydrogen-bond donors (Lipinski definition) is 0. The zero-order valence-electron chi connectivity index (χ0n) is 13.7. The molecule has 0 radical (unpaired) electrons. The van der Waals surface area contributed by atoms with Crippen LogP contribution in [0.15, 0.2) is 60.1 Å². The van der Waals surface area contributed by atoms with Gasteiger partial charge in [-0.25, -0.2) is 4.98 Å². The molecule has 0 spiro atoms. The Balaban J connectivity index is 1.89. The van der Waals surface area contributed by atoms with Crippen molar-refractivity contribution in [3.05, 3.63) is 81.3 Å². The minimum atomic E-state index is -0.0940. The largest absolute Gasteiger partial charge is 0.496 e. The molecule has 1 aromatic carbocycles. The van der Waals surface area contributed by atoms with Crippen molar-refractivity contribution in [2.45, 2.75) is 13.1 Å². The first-order valence-corrected chi connectivity index (χ1v) is 8.98. The molecule has 0 saturated carbocycles. The smallest absolute Gasteiger partial charge is 0.256 e. The number of hydrogen-bond acceptors (Lipinski definition) is 4. The van der Waals surface area contributed by atoms with Crippen LogP contribution in [-0.4, -0.2) is 22.9 Å². The van der Waals surface area contributed by atoms with Gasteiger partial charge < -0.3 is 9.64 Å². The number of benzene rings is 1. The summed E-state index contributed by atoms with van der Waals surface area (Å²) in [6, 6.07) is 15.0. The molecule has 2 aromatic heterocycles. The number of pyridine rings is 1. The summed E-state index contributed by atoms with van der Waals surface area (Å²) in [7, 11) is 1.63. The first-order chi connectivity index (χ1) is 12.2. The van der Waals surface area contributed by atoms with Gasteiger partial charge in [-0.3, -0.25) is 4.79 Å². The van der Waals surface area contributed by atoms with Gasteiger partial charge in [-0.2, -0.15) is 0 Å². The van der Waals surface area contributed by atoms with E-state index in [2.05, 4.69) is 4.98 Å². The third kappa shape index (κ3) is 4.38. The Morgan fingerprint density at radius 2 is 2.00 bits per heavy atom. The van der Waals surface area contributed by atoms with Crippen molar-refractivity contribution in [2.24, 2.45) is 0 Å². The third-order valence-electron chi connectivity index (χ3n) is 3.74. The maximum atomic E-state index is 13.0. The summed E-state index contributed by atoms with van der Waals surface area (Å²) in [6.45, 7) is 0.973. The molecule has 0 unspecified atom stereocenters. The number of amides is 1. The number of aromatic nitrogens is 1. The number of rotatable bonds is 6. The van der Waals surface area contributed by atoms with Crippen molar-refractivity contribution in [1.82, 2.24) is 9.88 Å². The second-order valence-corrected chi connectivity index (χ2v) is 6.84. The number of para-hydroxylation sites is 1. The minimum Gasteiger partial charge on any atom is -0.496 e. The van der Waals surface area contributed by atoms with Crippen LogP contribution in [0, 0.1) is 0 Å². The van der Waals surface area contributed by atoms with Gasteiger partial charge in [-0.15, -0.1) is 11.3 Å². The Morgan fingerprint density at radius 1 is 1.16 bits per heavy atom. The van der Waals surface area contributed by atoms with Gasteiger partial charge in [-0.05, 0) is 29.6 Å². The minimum absolute atomic E-state index is 0.0940. The summed E-state index contributed by atoms with van der Waals surface area (Å²) in [5, 5.41) is 2.37. The van der Waals surface area contributed by atoms with Crippen LogP contribution < -0.4 is 4.74 Å². The Labute approximate surface area is 155 Å². The monoisotopic (exact) mass is 372 g/mol. The Hall–Kier alpha value is -2.37. The second kappa shape index (κ2) is 8.14. The molecule has 0 aliphatic rings. The fraction of sp³-hybridized carbons (Fsp3) is 0.158. The van der Waals surface area contributed by atoms with Crippen LogP contribution >= 0.6 is 22.9 Å². The maximum Gasteiger partial charge on any atom is 0.256 e. The van der Waals surface area contributed by atoms with Gasteiger partial charge in [0.25, 0.3) is 5.91 Å². The van der Waals surface area contributed by atoms with E-state index >= 15 is 0 Å². The van der Waals surface area contributed by atoms with E-state index in [0.29, 0.717) is 23.8 Å². The number of carbonyl (C=O) groups excluding carboxylic acids is 1. The molecule has 0 bridgehead atoms. The molecule has 25 heavy (non-hydrogen) atoms. The summed E-state index contributed by atoms with van der Waals surface area (Å²) in [4.78, 5) is 19.9. The van der Waals surface area contributed by atoms with Gasteiger partial charge in [0, 0.05) is 16.6 Å². The highest BCUT2D eigenvalue weighted by molar-refractivity contribution is 7.09. The zero-order chi connectivity index (χ0) is 17.6. The Kier molecular flexibility index (Phi) is 5.68. The molecule has 1 amide bonds. The predicted octanol–water partition coefficient (Wildman–Crippen LogP) is 4.65. The van der Waals surface area contributed by atoms with E-state index in [1.807, 2.05) is 41.8 Å². The van der Waals surface area contributed by atoms with Crippen molar-refractivity contribution in [3.63, 3.8) is 0 Å². The summed E-state index contributed by atoms with van der Waals surface area (Å²) >= 11 is 7.45. The van der Waals surface area contributed by atoms with Crippen LogP contribution in [0.25, 0.3) is 0 Å².